The van der Waals surface area contributed by atoms with Gasteiger partial charge in [0.2, 0.25) is 5.91 Å². The zero-order chi connectivity index (χ0) is 21.8. The van der Waals surface area contributed by atoms with Gasteiger partial charge in [0.05, 0.1) is 25.0 Å². The average molecular weight is 441 g/mol. The van der Waals surface area contributed by atoms with Crippen LogP contribution in [0.5, 0.6) is 5.75 Å². The van der Waals surface area contributed by atoms with Gasteiger partial charge >= 0.3 is 0 Å². The molecule has 162 valence electrons. The van der Waals surface area contributed by atoms with Crippen LogP contribution < -0.4 is 4.74 Å². The van der Waals surface area contributed by atoms with Crippen molar-refractivity contribution in [3.05, 3.63) is 72.0 Å². The van der Waals surface area contributed by atoms with Crippen molar-refractivity contribution in [2.45, 2.75) is 25.4 Å². The summed E-state index contributed by atoms with van der Waals surface area (Å²) in [5.74, 6) is 1.02. The van der Waals surface area contributed by atoms with Crippen LogP contribution in [0.4, 0.5) is 0 Å². The number of hydrogen-bond acceptors (Lipinski definition) is 6. The summed E-state index contributed by atoms with van der Waals surface area (Å²) in [6.07, 6.45) is 0.448. The molecule has 1 atom stereocenters. The van der Waals surface area contributed by atoms with Crippen molar-refractivity contribution in [1.82, 2.24) is 10.1 Å². The second kappa shape index (κ2) is 8.93. The highest BCUT2D eigenvalue weighted by Crippen LogP contribution is 2.24. The van der Waals surface area contributed by atoms with Crippen molar-refractivity contribution in [2.75, 3.05) is 18.6 Å². The normalized spacial score (nSPS) is 17.4. The van der Waals surface area contributed by atoms with E-state index in [-0.39, 0.29) is 29.9 Å². The number of carbonyl (C=O) groups excluding carboxylic acids is 1. The Morgan fingerprint density at radius 1 is 1.16 bits per heavy atom. The number of sulfone groups is 1. The van der Waals surface area contributed by atoms with Gasteiger partial charge in [0.15, 0.2) is 9.84 Å². The van der Waals surface area contributed by atoms with Crippen LogP contribution in [0.2, 0.25) is 0 Å². The number of carbonyl (C=O) groups is 1. The fourth-order valence-electron chi connectivity index (χ4n) is 3.80. The minimum atomic E-state index is -3.14. The lowest BCUT2D eigenvalue weighted by Crippen LogP contribution is -2.41. The van der Waals surface area contributed by atoms with E-state index >= 15 is 0 Å². The summed E-state index contributed by atoms with van der Waals surface area (Å²) in [4.78, 5) is 14.9. The molecule has 7 nitrogen and oxygen atoms in total. The van der Waals surface area contributed by atoms with Crippen molar-refractivity contribution in [1.29, 1.82) is 0 Å². The Labute approximate surface area is 181 Å². The van der Waals surface area contributed by atoms with Gasteiger partial charge < -0.3 is 14.2 Å². The molecule has 0 saturated carbocycles. The lowest BCUT2D eigenvalue weighted by molar-refractivity contribution is -0.133. The smallest absolute Gasteiger partial charge is 0.230 e. The molecule has 31 heavy (non-hydrogen) atoms. The fourth-order valence-corrected chi connectivity index (χ4v) is 5.53. The van der Waals surface area contributed by atoms with Gasteiger partial charge in [-0.1, -0.05) is 47.6 Å². The Morgan fingerprint density at radius 3 is 2.68 bits per heavy atom. The summed E-state index contributed by atoms with van der Waals surface area (Å²) < 4.78 is 34.8. The van der Waals surface area contributed by atoms with E-state index in [0.29, 0.717) is 30.2 Å². The monoisotopic (exact) mass is 440 g/mol. The summed E-state index contributed by atoms with van der Waals surface area (Å²) in [5, 5.41) is 4.07. The van der Waals surface area contributed by atoms with Gasteiger partial charge in [-0.2, -0.15) is 0 Å². The van der Waals surface area contributed by atoms with Crippen LogP contribution in [0.15, 0.2) is 65.2 Å². The second-order valence-corrected chi connectivity index (χ2v) is 9.88. The molecule has 0 radical (unpaired) electrons. The SMILES string of the molecule is COc1cccc(CN(C(=O)Cc2cc(-c3ccccc3)no2)C2CCS(=O)(=O)C2)c1. The van der Waals surface area contributed by atoms with Gasteiger partial charge in [-0.25, -0.2) is 8.42 Å². The molecule has 1 aliphatic rings. The zero-order valence-electron chi connectivity index (χ0n) is 17.2. The quantitative estimate of drug-likeness (QED) is 0.561. The van der Waals surface area contributed by atoms with E-state index in [4.69, 9.17) is 9.26 Å². The predicted molar refractivity (Wildman–Crippen MR) is 116 cm³/mol. The third-order valence-electron chi connectivity index (χ3n) is 5.41. The Bertz CT molecular complexity index is 1160. The molecule has 1 unspecified atom stereocenters. The highest BCUT2D eigenvalue weighted by Gasteiger charge is 2.35. The molecule has 1 saturated heterocycles. The minimum absolute atomic E-state index is 0.0142. The van der Waals surface area contributed by atoms with Crippen molar-refractivity contribution in [3.63, 3.8) is 0 Å². The second-order valence-electron chi connectivity index (χ2n) is 7.65. The van der Waals surface area contributed by atoms with E-state index in [1.54, 1.807) is 18.1 Å². The molecule has 1 amide bonds. The van der Waals surface area contributed by atoms with Crippen LogP contribution in [0, 0.1) is 0 Å². The highest BCUT2D eigenvalue weighted by molar-refractivity contribution is 7.91. The first-order valence-electron chi connectivity index (χ1n) is 10.1. The molecular weight excluding hydrogens is 416 g/mol. The van der Waals surface area contributed by atoms with Gasteiger partial charge in [-0.3, -0.25) is 4.79 Å². The number of benzene rings is 2. The first kappa shape index (κ1) is 21.1. The average Bonchev–Trinajstić information content (AvgIpc) is 3.38. The van der Waals surface area contributed by atoms with Gasteiger partial charge in [0.25, 0.3) is 0 Å². The number of aromatic nitrogens is 1. The Balaban J connectivity index is 1.54. The van der Waals surface area contributed by atoms with E-state index in [2.05, 4.69) is 5.16 Å². The van der Waals surface area contributed by atoms with Crippen LogP contribution in [-0.4, -0.2) is 49.0 Å². The molecule has 2 heterocycles. The Kier molecular flexibility index (Phi) is 6.08. The summed E-state index contributed by atoms with van der Waals surface area (Å²) in [6.45, 7) is 0.301. The van der Waals surface area contributed by atoms with Crippen LogP contribution >= 0.6 is 0 Å². The lowest BCUT2D eigenvalue weighted by Gasteiger charge is -2.28. The molecule has 3 aromatic rings. The highest BCUT2D eigenvalue weighted by atomic mass is 32.2. The number of hydrogen-bond donors (Lipinski definition) is 0. The molecule has 0 bridgehead atoms. The van der Waals surface area contributed by atoms with Crippen LogP contribution in [-0.2, 0) is 27.6 Å². The molecule has 0 N–H and O–H groups in total. The Hall–Kier alpha value is -3.13. The maximum Gasteiger partial charge on any atom is 0.230 e. The first-order valence-corrected chi connectivity index (χ1v) is 11.9. The molecule has 8 heteroatoms. The fraction of sp³-hybridized carbons (Fsp3) is 0.304. The molecule has 4 rings (SSSR count). The first-order chi connectivity index (χ1) is 14.9. The molecule has 1 aromatic heterocycles. The largest absolute Gasteiger partial charge is 0.497 e. The maximum atomic E-state index is 13.2. The predicted octanol–water partition coefficient (Wildman–Crippen LogP) is 3.11. The molecule has 2 aromatic carbocycles. The van der Waals surface area contributed by atoms with Crippen LogP contribution in [0.3, 0.4) is 0 Å². The van der Waals surface area contributed by atoms with Crippen molar-refractivity contribution < 1.29 is 22.5 Å². The van der Waals surface area contributed by atoms with E-state index < -0.39 is 9.84 Å². The van der Waals surface area contributed by atoms with E-state index in [0.717, 1.165) is 11.1 Å². The van der Waals surface area contributed by atoms with Gasteiger partial charge in [0, 0.05) is 24.2 Å². The molecule has 0 aliphatic carbocycles. The van der Waals surface area contributed by atoms with Crippen molar-refractivity contribution >= 4 is 15.7 Å². The molecule has 0 spiro atoms. The van der Waals surface area contributed by atoms with Gasteiger partial charge in [-0.15, -0.1) is 0 Å². The maximum absolute atomic E-state index is 13.2. The standard InChI is InChI=1S/C23H24N2O5S/c1-29-20-9-5-6-17(12-20)15-25(19-10-11-31(27,28)16-19)23(26)14-21-13-22(24-30-21)18-7-3-2-4-8-18/h2-9,12-13,19H,10-11,14-16H2,1H3. The molecular formula is C23H24N2O5S. The van der Waals surface area contributed by atoms with E-state index in [1.807, 2.05) is 54.6 Å². The van der Waals surface area contributed by atoms with Crippen LogP contribution in [0.25, 0.3) is 11.3 Å². The summed E-state index contributed by atoms with van der Waals surface area (Å²) in [7, 11) is -1.56. The Morgan fingerprint density at radius 2 is 1.97 bits per heavy atom. The summed E-state index contributed by atoms with van der Waals surface area (Å²) in [5.41, 5.74) is 2.44. The van der Waals surface area contributed by atoms with Crippen molar-refractivity contribution in [3.8, 4) is 17.0 Å². The van der Waals surface area contributed by atoms with Gasteiger partial charge in [-0.05, 0) is 24.1 Å². The number of nitrogens with zero attached hydrogens (tertiary/aromatic N) is 2. The van der Waals surface area contributed by atoms with E-state index in [1.165, 1.54) is 0 Å². The summed E-state index contributed by atoms with van der Waals surface area (Å²) in [6, 6.07) is 18.4. The molecule has 1 aliphatic heterocycles. The topological polar surface area (TPSA) is 89.7 Å². The lowest BCUT2D eigenvalue weighted by atomic mass is 10.1. The molecule has 1 fully saturated rings. The number of methoxy groups -OCH3 is 1. The van der Waals surface area contributed by atoms with E-state index in [9.17, 15) is 13.2 Å². The van der Waals surface area contributed by atoms with Crippen LogP contribution in [0.1, 0.15) is 17.7 Å². The summed E-state index contributed by atoms with van der Waals surface area (Å²) >= 11 is 0. The minimum Gasteiger partial charge on any atom is -0.497 e. The third-order valence-corrected chi connectivity index (χ3v) is 7.16. The van der Waals surface area contributed by atoms with Crippen molar-refractivity contribution in [2.24, 2.45) is 0 Å². The number of ether oxygens (including phenoxy) is 1. The van der Waals surface area contributed by atoms with Gasteiger partial charge in [0.1, 0.15) is 17.2 Å². The third kappa shape index (κ3) is 5.14. The number of amides is 1. The zero-order valence-corrected chi connectivity index (χ0v) is 18.0. The number of rotatable bonds is 7.